The molecule has 0 aliphatic rings. The molecule has 98 valence electrons. The lowest BCUT2D eigenvalue weighted by Crippen LogP contribution is -2.31. The highest BCUT2D eigenvalue weighted by atomic mass is 31.2. The molecule has 0 aliphatic heterocycles. The molecule has 0 fully saturated rings. The van der Waals surface area contributed by atoms with Gasteiger partial charge in [-0.05, 0) is 6.92 Å². The maximum absolute atomic E-state index is 11.1. The first kappa shape index (κ1) is 14.5. The number of aliphatic hydroxyl groups is 1. The third-order valence-electron chi connectivity index (χ3n) is 2.27. The lowest BCUT2D eigenvalue weighted by Gasteiger charge is -2.28. The van der Waals surface area contributed by atoms with Crippen LogP contribution in [0.4, 0.5) is 0 Å². The Hall–Kier alpha value is -0.530. The van der Waals surface area contributed by atoms with Gasteiger partial charge in [-0.1, -0.05) is 0 Å². The summed E-state index contributed by atoms with van der Waals surface area (Å²) in [7, 11) is -10.9. The highest BCUT2D eigenvalue weighted by Crippen LogP contribution is 2.68. The van der Waals surface area contributed by atoms with Crippen molar-refractivity contribution in [3.63, 3.8) is 0 Å². The highest BCUT2D eigenvalue weighted by Gasteiger charge is 2.59. The van der Waals surface area contributed by atoms with Gasteiger partial charge in [-0.15, -0.1) is 0 Å². The van der Waals surface area contributed by atoms with Gasteiger partial charge in [0, 0.05) is 12.1 Å². The summed E-state index contributed by atoms with van der Waals surface area (Å²) in [6, 6.07) is 0. The second-order valence-corrected chi connectivity index (χ2v) is 7.52. The molecule has 0 radical (unpaired) electrons. The molecule has 0 unspecified atom stereocenters. The summed E-state index contributed by atoms with van der Waals surface area (Å²) in [5.74, 6) is 0. The first-order valence-electron chi connectivity index (χ1n) is 4.31. The summed E-state index contributed by atoms with van der Waals surface area (Å²) in [6.45, 7) is 1.49. The zero-order valence-electron chi connectivity index (χ0n) is 8.68. The summed E-state index contributed by atoms with van der Waals surface area (Å²) < 4.78 is 22.1. The Morgan fingerprint density at radius 1 is 1.29 bits per heavy atom. The smallest absolute Gasteiger partial charge is 0.367 e. The quantitative estimate of drug-likeness (QED) is 0.394. The lowest BCUT2D eigenvalue weighted by atomic mass is 10.3. The van der Waals surface area contributed by atoms with Crippen LogP contribution in [0.2, 0.25) is 0 Å². The molecule has 1 heterocycles. The molecule has 1 rings (SSSR count). The number of nitrogens with one attached hydrogen (secondary N) is 1. The van der Waals surface area contributed by atoms with Gasteiger partial charge in [0.15, 0.2) is 0 Å². The van der Waals surface area contributed by atoms with Gasteiger partial charge in [0.1, 0.15) is 0 Å². The number of rotatable bonds is 4. The Balaban J connectivity index is 3.25. The fraction of sp³-hybridized carbons (Fsp3) is 0.500. The van der Waals surface area contributed by atoms with E-state index in [1.165, 1.54) is 13.3 Å². The van der Waals surface area contributed by atoms with Gasteiger partial charge in [0.25, 0.3) is 5.08 Å². The fourth-order valence-corrected chi connectivity index (χ4v) is 3.23. The van der Waals surface area contributed by atoms with Crippen LogP contribution in [0.5, 0.6) is 0 Å². The predicted octanol–water partition coefficient (Wildman–Crippen LogP) is -0.738. The Morgan fingerprint density at radius 3 is 2.06 bits per heavy atom. The maximum Gasteiger partial charge on any atom is 0.369 e. The van der Waals surface area contributed by atoms with Crippen molar-refractivity contribution in [2.75, 3.05) is 0 Å². The van der Waals surface area contributed by atoms with E-state index in [9.17, 15) is 14.2 Å². The van der Waals surface area contributed by atoms with Gasteiger partial charge in [0.05, 0.1) is 12.0 Å². The van der Waals surface area contributed by atoms with E-state index in [4.69, 9.17) is 19.6 Å². The van der Waals surface area contributed by atoms with E-state index in [2.05, 4.69) is 9.97 Å². The van der Waals surface area contributed by atoms with Crippen molar-refractivity contribution in [1.82, 2.24) is 9.97 Å². The van der Waals surface area contributed by atoms with Crippen LogP contribution in [-0.2, 0) is 15.6 Å². The van der Waals surface area contributed by atoms with Gasteiger partial charge >= 0.3 is 15.2 Å². The zero-order valence-corrected chi connectivity index (χ0v) is 10.5. The molecule has 0 saturated carbocycles. The first-order valence-corrected chi connectivity index (χ1v) is 7.54. The number of hydrogen-bond donors (Lipinski definition) is 6. The topological polar surface area (TPSA) is 164 Å². The molecule has 0 saturated heterocycles. The van der Waals surface area contributed by atoms with Crippen molar-refractivity contribution < 1.29 is 33.8 Å². The summed E-state index contributed by atoms with van der Waals surface area (Å²) in [6.07, 6.45) is 0.237. The molecule has 1 aromatic heterocycles. The minimum Gasteiger partial charge on any atom is -0.367 e. The second-order valence-electron chi connectivity index (χ2n) is 3.51. The molecule has 1 aromatic rings. The molecule has 0 aromatic carbocycles. The van der Waals surface area contributed by atoms with Crippen LogP contribution in [0.3, 0.4) is 0 Å². The van der Waals surface area contributed by atoms with Crippen LogP contribution < -0.4 is 0 Å². The first-order chi connectivity index (χ1) is 7.49. The van der Waals surface area contributed by atoms with E-state index in [1.807, 2.05) is 0 Å². The summed E-state index contributed by atoms with van der Waals surface area (Å²) in [5.41, 5.74) is 0.324. The number of imidazole rings is 1. The van der Waals surface area contributed by atoms with Crippen LogP contribution in [0.25, 0.3) is 0 Å². The normalized spacial score (nSPS) is 14.0. The van der Waals surface area contributed by atoms with Crippen molar-refractivity contribution >= 4 is 15.2 Å². The molecule has 0 atom stereocenters. The van der Waals surface area contributed by atoms with E-state index in [1.54, 1.807) is 0 Å². The van der Waals surface area contributed by atoms with Crippen molar-refractivity contribution in [3.05, 3.63) is 17.7 Å². The van der Waals surface area contributed by atoms with Crippen molar-refractivity contribution in [2.45, 2.75) is 18.4 Å². The van der Waals surface area contributed by atoms with Gasteiger partial charge in [0.2, 0.25) is 0 Å². The zero-order chi connectivity index (χ0) is 13.5. The molecular weight excluding hydrogens is 274 g/mol. The molecule has 0 spiro atoms. The molecule has 17 heavy (non-hydrogen) atoms. The third-order valence-corrected chi connectivity index (χ3v) is 6.02. The Morgan fingerprint density at radius 2 is 1.76 bits per heavy atom. The van der Waals surface area contributed by atoms with E-state index in [0.29, 0.717) is 5.69 Å². The maximum atomic E-state index is 11.1. The Bertz CT molecular complexity index is 478. The molecule has 6 N–H and O–H groups in total. The van der Waals surface area contributed by atoms with E-state index >= 15 is 0 Å². The monoisotopic (exact) mass is 286 g/mol. The number of nitrogens with zero attached hydrogens (tertiary/aromatic N) is 1. The van der Waals surface area contributed by atoms with E-state index < -0.39 is 26.7 Å². The highest BCUT2D eigenvalue weighted by molar-refractivity contribution is 7.72. The Labute approximate surface area is 95.9 Å². The van der Waals surface area contributed by atoms with Crippen molar-refractivity contribution in [2.24, 2.45) is 0 Å². The molecule has 0 aliphatic carbocycles. The Kier molecular flexibility index (Phi) is 3.67. The minimum absolute atomic E-state index is 0.0286. The summed E-state index contributed by atoms with van der Waals surface area (Å²) >= 11 is 0. The molecular formula is C6H12N2O7P2. The fourth-order valence-electron chi connectivity index (χ4n) is 1.17. The van der Waals surface area contributed by atoms with Crippen LogP contribution in [-0.4, -0.2) is 39.7 Å². The number of aromatic amines is 1. The molecule has 11 heteroatoms. The number of aromatic nitrogens is 2. The number of aryl methyl sites for hydroxylation is 1. The molecule has 0 amide bonds. The average molecular weight is 286 g/mol. The standard InChI is InChI=1S/C6H12N2O7P2/c1-4-5(8-3-7-4)2-6(9,16(10,11)12)17(13,14)15/h3,9H,2H2,1H3,(H,7,8)(H2,10,11,12)(H2,13,14,15). The van der Waals surface area contributed by atoms with Crippen LogP contribution in [0.1, 0.15) is 11.4 Å². The second kappa shape index (κ2) is 4.29. The van der Waals surface area contributed by atoms with Gasteiger partial charge in [-0.2, -0.15) is 0 Å². The predicted molar refractivity (Wildman–Crippen MR) is 56.1 cm³/mol. The van der Waals surface area contributed by atoms with Crippen LogP contribution >= 0.6 is 15.2 Å². The van der Waals surface area contributed by atoms with Crippen LogP contribution in [0, 0.1) is 6.92 Å². The van der Waals surface area contributed by atoms with Crippen LogP contribution in [0.15, 0.2) is 6.33 Å². The third kappa shape index (κ3) is 2.66. The molecule has 9 nitrogen and oxygen atoms in total. The average Bonchev–Trinajstić information content (AvgIpc) is 2.47. The van der Waals surface area contributed by atoms with Gasteiger partial charge in [-0.25, -0.2) is 4.98 Å². The number of H-pyrrole nitrogens is 1. The summed E-state index contributed by atoms with van der Waals surface area (Å²) in [4.78, 5) is 41.8. The van der Waals surface area contributed by atoms with Crippen molar-refractivity contribution in [1.29, 1.82) is 0 Å². The molecule has 0 bridgehead atoms. The number of hydrogen-bond acceptors (Lipinski definition) is 4. The van der Waals surface area contributed by atoms with Gasteiger partial charge < -0.3 is 29.7 Å². The van der Waals surface area contributed by atoms with Crippen molar-refractivity contribution in [3.8, 4) is 0 Å². The minimum atomic E-state index is -5.43. The lowest BCUT2D eigenvalue weighted by molar-refractivity contribution is 0.130. The summed E-state index contributed by atoms with van der Waals surface area (Å²) in [5, 5.41) is 6.14. The SMILES string of the molecule is Cc1[nH]cnc1CC(O)(P(=O)(O)O)P(=O)(O)O. The van der Waals surface area contributed by atoms with E-state index in [-0.39, 0.29) is 5.69 Å². The van der Waals surface area contributed by atoms with E-state index in [0.717, 1.165) is 0 Å². The largest absolute Gasteiger partial charge is 0.369 e. The van der Waals surface area contributed by atoms with Gasteiger partial charge in [-0.3, -0.25) is 9.13 Å².